The largest absolute Gasteiger partial charge is 0.374 e. The number of anilines is 1. The number of benzene rings is 1. The number of rotatable bonds is 5. The second kappa shape index (κ2) is 10.5. The smallest absolute Gasteiger partial charge is 0.342 e. The number of hydrogen-bond acceptors (Lipinski definition) is 6. The third-order valence-electron chi connectivity index (χ3n) is 5.26. The Bertz CT molecular complexity index is 1150. The van der Waals surface area contributed by atoms with Gasteiger partial charge in [0.05, 0.1) is 12.7 Å². The molecule has 2 aromatic rings. The third-order valence-corrected chi connectivity index (χ3v) is 5.81. The number of urea groups is 1. The van der Waals surface area contributed by atoms with Crippen molar-refractivity contribution in [1.82, 2.24) is 19.4 Å². The number of amides is 2. The quantitative estimate of drug-likeness (QED) is 0.660. The van der Waals surface area contributed by atoms with Crippen LogP contribution >= 0.6 is 12.2 Å². The molecular formula is C21H26FN7O2S. The molecule has 1 aromatic heterocycles. The number of hydrogen-bond donors (Lipinski definition) is 2. The van der Waals surface area contributed by atoms with Gasteiger partial charge in [-0.3, -0.25) is 4.90 Å². The molecule has 3 rings (SSSR count). The van der Waals surface area contributed by atoms with E-state index in [0.29, 0.717) is 36.8 Å². The van der Waals surface area contributed by atoms with E-state index in [9.17, 15) is 14.4 Å². The Kier molecular flexibility index (Phi) is 7.74. The minimum Gasteiger partial charge on any atom is -0.374 e. The Hall–Kier alpha value is -3.07. The van der Waals surface area contributed by atoms with Gasteiger partial charge in [0.25, 0.3) is 0 Å². The van der Waals surface area contributed by atoms with Crippen LogP contribution in [0.5, 0.6) is 0 Å². The average Bonchev–Trinajstić information content (AvgIpc) is 2.80. The fourth-order valence-electron chi connectivity index (χ4n) is 3.55. The number of nitrogens with one attached hydrogen (secondary N) is 2. The van der Waals surface area contributed by atoms with Crippen LogP contribution in [-0.4, -0.2) is 59.5 Å². The van der Waals surface area contributed by atoms with Gasteiger partial charge in [0, 0.05) is 47.3 Å². The van der Waals surface area contributed by atoms with E-state index in [2.05, 4.69) is 26.6 Å². The number of aromatic nitrogens is 2. The number of halogens is 1. The lowest BCUT2D eigenvalue weighted by molar-refractivity contribution is -0.0241. The fourth-order valence-corrected chi connectivity index (χ4v) is 3.73. The Labute approximate surface area is 190 Å². The molecule has 1 saturated heterocycles. The standard InChI is InChI=1S/C21H26FN7O2S/c1-24-20(30)26-19-17(10-23)18(27(2)21(32)28(19)3)25-11-16-13-29(8-9-31-16)12-14-4-6-15(22)7-5-14/h4-7,16,25H,8-9,11-13H2,1-3H3,(H,24,30). The summed E-state index contributed by atoms with van der Waals surface area (Å²) in [6.45, 7) is 3.15. The van der Waals surface area contributed by atoms with Crippen molar-refractivity contribution in [1.29, 1.82) is 5.26 Å². The Balaban J connectivity index is 1.78. The second-order valence-corrected chi connectivity index (χ2v) is 7.83. The zero-order valence-corrected chi connectivity index (χ0v) is 19.1. The summed E-state index contributed by atoms with van der Waals surface area (Å²) in [7, 11) is 4.87. The fraction of sp³-hybridized carbons (Fsp3) is 0.429. The molecule has 0 aliphatic carbocycles. The SMILES string of the molecule is CNC(=O)N=c1c(C#N)c(NCC2CN(Cc3ccc(F)cc3)CCO2)n(C)c(=S)n1C. The molecule has 1 aromatic carbocycles. The van der Waals surface area contributed by atoms with Crippen LogP contribution < -0.4 is 16.1 Å². The van der Waals surface area contributed by atoms with Crippen molar-refractivity contribution in [2.45, 2.75) is 12.6 Å². The van der Waals surface area contributed by atoms with Crippen LogP contribution in [0.25, 0.3) is 0 Å². The molecule has 1 atom stereocenters. The van der Waals surface area contributed by atoms with Gasteiger partial charge in [-0.15, -0.1) is 0 Å². The molecule has 32 heavy (non-hydrogen) atoms. The molecule has 0 radical (unpaired) electrons. The predicted octanol–water partition coefficient (Wildman–Crippen LogP) is 1.66. The molecule has 0 saturated carbocycles. The number of nitrogens with zero attached hydrogens (tertiary/aromatic N) is 5. The van der Waals surface area contributed by atoms with Gasteiger partial charge in [0.1, 0.15) is 23.3 Å². The lowest BCUT2D eigenvalue weighted by Gasteiger charge is -2.33. The van der Waals surface area contributed by atoms with Crippen molar-refractivity contribution in [3.05, 3.63) is 51.5 Å². The van der Waals surface area contributed by atoms with Crippen LogP contribution in [0.3, 0.4) is 0 Å². The summed E-state index contributed by atoms with van der Waals surface area (Å²) >= 11 is 5.46. The molecule has 1 unspecified atom stereocenters. The van der Waals surface area contributed by atoms with Crippen molar-refractivity contribution in [2.75, 3.05) is 38.6 Å². The van der Waals surface area contributed by atoms with Crippen LogP contribution in [0.15, 0.2) is 29.3 Å². The molecule has 1 aliphatic heterocycles. The molecule has 2 heterocycles. The van der Waals surface area contributed by atoms with E-state index in [-0.39, 0.29) is 23.0 Å². The van der Waals surface area contributed by atoms with Gasteiger partial charge >= 0.3 is 6.03 Å². The summed E-state index contributed by atoms with van der Waals surface area (Å²) in [5, 5.41) is 15.5. The first-order valence-electron chi connectivity index (χ1n) is 10.1. The van der Waals surface area contributed by atoms with Gasteiger partial charge in [0.2, 0.25) is 0 Å². The number of carbonyl (C=O) groups is 1. The van der Waals surface area contributed by atoms with E-state index in [1.807, 2.05) is 0 Å². The Morgan fingerprint density at radius 3 is 2.72 bits per heavy atom. The summed E-state index contributed by atoms with van der Waals surface area (Å²) in [5.41, 5.74) is 1.43. The van der Waals surface area contributed by atoms with Gasteiger partial charge in [0.15, 0.2) is 10.3 Å². The van der Waals surface area contributed by atoms with Crippen molar-refractivity contribution >= 4 is 24.1 Å². The Morgan fingerprint density at radius 1 is 1.34 bits per heavy atom. The first kappa shape index (κ1) is 23.6. The molecule has 0 spiro atoms. The normalized spacial score (nSPS) is 17.1. The molecule has 1 aliphatic rings. The van der Waals surface area contributed by atoms with Gasteiger partial charge in [-0.2, -0.15) is 10.3 Å². The van der Waals surface area contributed by atoms with Crippen LogP contribution in [0.4, 0.5) is 15.0 Å². The van der Waals surface area contributed by atoms with Crippen LogP contribution in [0.1, 0.15) is 11.1 Å². The maximum absolute atomic E-state index is 13.2. The number of carbonyl (C=O) groups excluding carboxylic acids is 1. The van der Waals surface area contributed by atoms with Crippen molar-refractivity contribution < 1.29 is 13.9 Å². The maximum atomic E-state index is 13.2. The van der Waals surface area contributed by atoms with E-state index >= 15 is 0 Å². The topological polar surface area (TPSA) is 99.6 Å². The average molecular weight is 460 g/mol. The number of nitriles is 1. The zero-order chi connectivity index (χ0) is 23.3. The van der Waals surface area contributed by atoms with Crippen molar-refractivity contribution in [3.8, 4) is 6.07 Å². The van der Waals surface area contributed by atoms with Gasteiger partial charge in [-0.25, -0.2) is 9.18 Å². The second-order valence-electron chi connectivity index (χ2n) is 7.46. The zero-order valence-electron chi connectivity index (χ0n) is 18.3. The van der Waals surface area contributed by atoms with Gasteiger partial charge in [-0.05, 0) is 29.9 Å². The van der Waals surface area contributed by atoms with Crippen molar-refractivity contribution in [3.63, 3.8) is 0 Å². The highest BCUT2D eigenvalue weighted by Gasteiger charge is 2.22. The molecule has 2 amide bonds. The first-order valence-corrected chi connectivity index (χ1v) is 10.5. The highest BCUT2D eigenvalue weighted by molar-refractivity contribution is 7.71. The lowest BCUT2D eigenvalue weighted by atomic mass is 10.2. The maximum Gasteiger partial charge on any atom is 0.342 e. The molecule has 0 bridgehead atoms. The third kappa shape index (κ3) is 5.40. The van der Waals surface area contributed by atoms with Gasteiger partial charge < -0.3 is 24.5 Å². The van der Waals surface area contributed by atoms with Crippen LogP contribution in [0, 0.1) is 21.9 Å². The highest BCUT2D eigenvalue weighted by atomic mass is 32.1. The highest BCUT2D eigenvalue weighted by Crippen LogP contribution is 2.15. The van der Waals surface area contributed by atoms with E-state index in [1.54, 1.807) is 30.8 Å². The van der Waals surface area contributed by atoms with E-state index in [4.69, 9.17) is 17.0 Å². The molecule has 11 heteroatoms. The summed E-state index contributed by atoms with van der Waals surface area (Å²) in [6, 6.07) is 8.04. The van der Waals surface area contributed by atoms with Crippen LogP contribution in [-0.2, 0) is 25.4 Å². The summed E-state index contributed by atoms with van der Waals surface area (Å²) in [5.74, 6) is 0.219. The van der Waals surface area contributed by atoms with E-state index in [0.717, 1.165) is 12.1 Å². The number of ether oxygens (including phenoxy) is 1. The summed E-state index contributed by atoms with van der Waals surface area (Å²) in [6.07, 6.45) is -0.127. The molecule has 1 fully saturated rings. The first-order chi connectivity index (χ1) is 15.3. The lowest BCUT2D eigenvalue weighted by Crippen LogP contribution is -2.45. The molecule has 2 N–H and O–H groups in total. The predicted molar refractivity (Wildman–Crippen MR) is 120 cm³/mol. The van der Waals surface area contributed by atoms with E-state index < -0.39 is 6.03 Å². The van der Waals surface area contributed by atoms with Gasteiger partial charge in [-0.1, -0.05) is 12.1 Å². The molecule has 9 nitrogen and oxygen atoms in total. The van der Waals surface area contributed by atoms with Crippen LogP contribution in [0.2, 0.25) is 0 Å². The minimum atomic E-state index is -0.571. The van der Waals surface area contributed by atoms with Crippen molar-refractivity contribution in [2.24, 2.45) is 19.1 Å². The molecule has 170 valence electrons. The summed E-state index contributed by atoms with van der Waals surface area (Å²) in [4.78, 5) is 18.0. The number of morpholine rings is 1. The summed E-state index contributed by atoms with van der Waals surface area (Å²) < 4.78 is 22.6. The monoisotopic (exact) mass is 459 g/mol. The molecular weight excluding hydrogens is 433 g/mol. The van der Waals surface area contributed by atoms with E-state index in [1.165, 1.54) is 23.7 Å². The minimum absolute atomic E-state index is 0.127. The Morgan fingerprint density at radius 2 is 2.06 bits per heavy atom.